The molecule has 118 valence electrons. The Hall–Kier alpha value is -0.910. The van der Waals surface area contributed by atoms with E-state index in [2.05, 4.69) is 36.2 Å². The fraction of sp³-hybridized carbons (Fsp3) is 0.688. The first-order valence-electron chi connectivity index (χ1n) is 7.63. The minimum atomic E-state index is -0.447. The van der Waals surface area contributed by atoms with Crippen LogP contribution in [0.4, 0.5) is 0 Å². The van der Waals surface area contributed by atoms with E-state index in [0.717, 1.165) is 26.2 Å². The SMILES string of the molecule is Cc1ccc(C(C)N(C)C(=O)C(C)(C)N2CCNCC2)s1. The molecule has 1 amide bonds. The molecule has 5 heteroatoms. The van der Waals surface area contributed by atoms with E-state index in [1.807, 2.05) is 25.8 Å². The molecule has 0 bridgehead atoms. The molecule has 2 heterocycles. The molecule has 1 fully saturated rings. The van der Waals surface area contributed by atoms with Crippen molar-refractivity contribution in [2.24, 2.45) is 0 Å². The normalized spacial score (nSPS) is 18.5. The van der Waals surface area contributed by atoms with Crippen LogP contribution in [0.3, 0.4) is 0 Å². The lowest BCUT2D eigenvalue weighted by molar-refractivity contribution is -0.143. The fourth-order valence-corrected chi connectivity index (χ4v) is 3.81. The smallest absolute Gasteiger partial charge is 0.242 e. The maximum absolute atomic E-state index is 13.0. The lowest BCUT2D eigenvalue weighted by Gasteiger charge is -2.42. The molecule has 0 aromatic carbocycles. The predicted octanol–water partition coefficient (Wildman–Crippen LogP) is 2.26. The van der Waals surface area contributed by atoms with Crippen LogP contribution in [0.15, 0.2) is 12.1 Å². The predicted molar refractivity (Wildman–Crippen MR) is 88.8 cm³/mol. The van der Waals surface area contributed by atoms with Crippen molar-refractivity contribution >= 4 is 17.2 Å². The molecule has 1 aliphatic heterocycles. The van der Waals surface area contributed by atoms with Gasteiger partial charge in [0.2, 0.25) is 5.91 Å². The third-order valence-corrected chi connectivity index (χ3v) is 5.68. The van der Waals surface area contributed by atoms with Gasteiger partial charge >= 0.3 is 0 Å². The maximum Gasteiger partial charge on any atom is 0.242 e. The Labute approximate surface area is 132 Å². The zero-order valence-electron chi connectivity index (χ0n) is 13.8. The summed E-state index contributed by atoms with van der Waals surface area (Å²) in [5.74, 6) is 0.197. The third kappa shape index (κ3) is 3.47. The van der Waals surface area contributed by atoms with Gasteiger partial charge in [-0.25, -0.2) is 0 Å². The van der Waals surface area contributed by atoms with Crippen molar-refractivity contribution in [1.82, 2.24) is 15.1 Å². The van der Waals surface area contributed by atoms with Gasteiger partial charge in [0.1, 0.15) is 0 Å². The fourth-order valence-electron chi connectivity index (χ4n) is 2.84. The Balaban J connectivity index is 2.10. The molecular formula is C16H27N3OS. The minimum absolute atomic E-state index is 0.124. The number of carbonyl (C=O) groups is 1. The zero-order valence-corrected chi connectivity index (χ0v) is 14.6. The summed E-state index contributed by atoms with van der Waals surface area (Å²) in [5.41, 5.74) is -0.447. The summed E-state index contributed by atoms with van der Waals surface area (Å²) in [6.07, 6.45) is 0. The van der Waals surface area contributed by atoms with Crippen molar-refractivity contribution in [3.05, 3.63) is 21.9 Å². The number of likely N-dealkylation sites (N-methyl/N-ethyl adjacent to an activating group) is 1. The van der Waals surface area contributed by atoms with Crippen LogP contribution in [0.25, 0.3) is 0 Å². The van der Waals surface area contributed by atoms with E-state index in [9.17, 15) is 4.79 Å². The summed E-state index contributed by atoms with van der Waals surface area (Å²) >= 11 is 1.77. The van der Waals surface area contributed by atoms with E-state index >= 15 is 0 Å². The summed E-state index contributed by atoms with van der Waals surface area (Å²) in [5, 5.41) is 3.34. The number of hydrogen-bond acceptors (Lipinski definition) is 4. The Morgan fingerprint density at radius 3 is 2.52 bits per heavy atom. The van der Waals surface area contributed by atoms with Gasteiger partial charge in [-0.1, -0.05) is 0 Å². The first-order valence-corrected chi connectivity index (χ1v) is 8.45. The molecule has 1 aliphatic rings. The molecule has 1 aromatic rings. The molecule has 0 spiro atoms. The molecule has 1 aromatic heterocycles. The van der Waals surface area contributed by atoms with Gasteiger partial charge in [-0.15, -0.1) is 11.3 Å². The Morgan fingerprint density at radius 1 is 1.38 bits per heavy atom. The summed E-state index contributed by atoms with van der Waals surface area (Å²) < 4.78 is 0. The summed E-state index contributed by atoms with van der Waals surface area (Å²) in [6, 6.07) is 4.38. The molecule has 1 atom stereocenters. The van der Waals surface area contributed by atoms with Gasteiger partial charge < -0.3 is 10.2 Å². The van der Waals surface area contributed by atoms with Gasteiger partial charge in [-0.2, -0.15) is 0 Å². The summed E-state index contributed by atoms with van der Waals surface area (Å²) in [7, 11) is 1.92. The zero-order chi connectivity index (χ0) is 15.6. The monoisotopic (exact) mass is 309 g/mol. The van der Waals surface area contributed by atoms with Crippen LogP contribution in [0.2, 0.25) is 0 Å². The number of hydrogen-bond donors (Lipinski definition) is 1. The average molecular weight is 309 g/mol. The number of carbonyl (C=O) groups excluding carboxylic acids is 1. The third-order valence-electron chi connectivity index (χ3n) is 4.51. The van der Waals surface area contributed by atoms with E-state index in [1.165, 1.54) is 9.75 Å². The van der Waals surface area contributed by atoms with Crippen molar-refractivity contribution < 1.29 is 4.79 Å². The van der Waals surface area contributed by atoms with Crippen LogP contribution in [0.5, 0.6) is 0 Å². The topological polar surface area (TPSA) is 35.6 Å². The lowest BCUT2D eigenvalue weighted by atomic mass is 9.98. The van der Waals surface area contributed by atoms with Crippen LogP contribution in [0, 0.1) is 6.92 Å². The van der Waals surface area contributed by atoms with Crippen LogP contribution in [-0.2, 0) is 4.79 Å². The van der Waals surface area contributed by atoms with Crippen molar-refractivity contribution in [1.29, 1.82) is 0 Å². The van der Waals surface area contributed by atoms with E-state index in [4.69, 9.17) is 0 Å². The van der Waals surface area contributed by atoms with Crippen molar-refractivity contribution in [3.63, 3.8) is 0 Å². The van der Waals surface area contributed by atoms with Crippen LogP contribution < -0.4 is 5.32 Å². The number of thiophene rings is 1. The standard InChI is InChI=1S/C16H27N3OS/c1-12-6-7-14(21-12)13(2)18(5)15(20)16(3,4)19-10-8-17-9-11-19/h6-7,13,17H,8-11H2,1-5H3. The van der Waals surface area contributed by atoms with Gasteiger partial charge in [-0.3, -0.25) is 9.69 Å². The maximum atomic E-state index is 13.0. The highest BCUT2D eigenvalue weighted by molar-refractivity contribution is 7.12. The second-order valence-electron chi connectivity index (χ2n) is 6.34. The number of amides is 1. The lowest BCUT2D eigenvalue weighted by Crippen LogP contribution is -2.60. The van der Waals surface area contributed by atoms with Crippen LogP contribution in [0.1, 0.15) is 36.6 Å². The van der Waals surface area contributed by atoms with E-state index in [0.29, 0.717) is 0 Å². The quantitative estimate of drug-likeness (QED) is 0.927. The molecule has 0 radical (unpaired) electrons. The molecule has 1 saturated heterocycles. The van der Waals surface area contributed by atoms with Gasteiger partial charge in [0, 0.05) is 43.0 Å². The van der Waals surface area contributed by atoms with E-state index in [1.54, 1.807) is 11.3 Å². The first kappa shape index (κ1) is 16.5. The minimum Gasteiger partial charge on any atom is -0.337 e. The highest BCUT2D eigenvalue weighted by Gasteiger charge is 2.38. The van der Waals surface area contributed by atoms with Crippen LogP contribution >= 0.6 is 11.3 Å². The Bertz CT molecular complexity index is 491. The van der Waals surface area contributed by atoms with Crippen molar-refractivity contribution in [2.45, 2.75) is 39.3 Å². The Morgan fingerprint density at radius 2 is 2.00 bits per heavy atom. The highest BCUT2D eigenvalue weighted by atomic mass is 32.1. The molecule has 0 saturated carbocycles. The molecule has 4 nitrogen and oxygen atoms in total. The van der Waals surface area contributed by atoms with Gasteiger partial charge in [-0.05, 0) is 39.8 Å². The van der Waals surface area contributed by atoms with Gasteiger partial charge in [0.25, 0.3) is 0 Å². The second-order valence-corrected chi connectivity index (χ2v) is 7.66. The summed E-state index contributed by atoms with van der Waals surface area (Å²) in [6.45, 7) is 12.1. The number of rotatable bonds is 4. The second kappa shape index (κ2) is 6.46. The summed E-state index contributed by atoms with van der Waals surface area (Å²) in [4.78, 5) is 19.7. The van der Waals surface area contributed by atoms with Crippen molar-refractivity contribution in [3.8, 4) is 0 Å². The molecule has 0 aliphatic carbocycles. The number of piperazine rings is 1. The highest BCUT2D eigenvalue weighted by Crippen LogP contribution is 2.29. The van der Waals surface area contributed by atoms with Gasteiger partial charge in [0.05, 0.1) is 11.6 Å². The average Bonchev–Trinajstić information content (AvgIpc) is 2.92. The molecule has 1 N–H and O–H groups in total. The van der Waals surface area contributed by atoms with Gasteiger partial charge in [0.15, 0.2) is 0 Å². The molecule has 1 unspecified atom stereocenters. The number of aryl methyl sites for hydroxylation is 1. The first-order chi connectivity index (χ1) is 9.84. The van der Waals surface area contributed by atoms with Crippen LogP contribution in [-0.4, -0.2) is 54.5 Å². The molecule has 21 heavy (non-hydrogen) atoms. The largest absolute Gasteiger partial charge is 0.337 e. The van der Waals surface area contributed by atoms with E-state index < -0.39 is 5.54 Å². The van der Waals surface area contributed by atoms with E-state index in [-0.39, 0.29) is 11.9 Å². The van der Waals surface area contributed by atoms with Crippen molar-refractivity contribution in [2.75, 3.05) is 33.2 Å². The number of nitrogens with one attached hydrogen (secondary N) is 1. The number of nitrogens with zero attached hydrogens (tertiary/aromatic N) is 2. The molecular weight excluding hydrogens is 282 g/mol. The Kier molecular flexibility index (Phi) is 5.07. The molecule has 2 rings (SSSR count).